The number of hydrogen-bond acceptors (Lipinski definition) is 4. The van der Waals surface area contributed by atoms with Gasteiger partial charge in [0.25, 0.3) is 0 Å². The summed E-state index contributed by atoms with van der Waals surface area (Å²) in [5.41, 5.74) is 2.10. The summed E-state index contributed by atoms with van der Waals surface area (Å²) >= 11 is 0. The zero-order chi connectivity index (χ0) is 16.0. The Morgan fingerprint density at radius 1 is 1.35 bits per heavy atom. The van der Waals surface area contributed by atoms with Crippen molar-refractivity contribution >= 4 is 22.6 Å². The highest BCUT2D eigenvalue weighted by Crippen LogP contribution is 2.59. The molecule has 2 aromatic rings. The summed E-state index contributed by atoms with van der Waals surface area (Å²) in [4.78, 5) is 18.0. The molecule has 2 aliphatic rings. The molecule has 2 heterocycles. The van der Waals surface area contributed by atoms with Gasteiger partial charge in [-0.15, -0.1) is 0 Å². The minimum atomic E-state index is -0.627. The van der Waals surface area contributed by atoms with Crippen molar-refractivity contribution in [2.45, 2.75) is 19.3 Å². The molecule has 0 radical (unpaired) electrons. The summed E-state index contributed by atoms with van der Waals surface area (Å²) < 4.78 is 5.41. The van der Waals surface area contributed by atoms with Crippen molar-refractivity contribution in [3.63, 3.8) is 0 Å². The maximum atomic E-state index is 11.2. The van der Waals surface area contributed by atoms with Gasteiger partial charge in [0.15, 0.2) is 0 Å². The number of methoxy groups -OCH3 is 1. The summed E-state index contributed by atoms with van der Waals surface area (Å²) in [5.74, 6) is 0.0300. The van der Waals surface area contributed by atoms with E-state index >= 15 is 0 Å². The summed E-state index contributed by atoms with van der Waals surface area (Å²) in [5, 5.41) is 10.3. The van der Waals surface area contributed by atoms with Gasteiger partial charge in [-0.25, -0.2) is 0 Å². The number of ether oxygens (including phenoxy) is 1. The first kappa shape index (κ1) is 14.3. The highest BCUT2D eigenvalue weighted by atomic mass is 16.5. The van der Waals surface area contributed by atoms with Crippen LogP contribution in [0.1, 0.15) is 19.3 Å². The van der Waals surface area contributed by atoms with Crippen molar-refractivity contribution in [2.75, 3.05) is 25.1 Å². The van der Waals surface area contributed by atoms with Crippen molar-refractivity contribution in [1.29, 1.82) is 0 Å². The number of aliphatic carboxylic acids is 1. The molecule has 0 amide bonds. The molecule has 1 N–H and O–H groups in total. The molecular weight excluding hydrogens is 292 g/mol. The Morgan fingerprint density at radius 3 is 2.78 bits per heavy atom. The number of fused-ring (bicyclic) bond motifs is 1. The predicted molar refractivity (Wildman–Crippen MR) is 87.9 cm³/mol. The Balaban J connectivity index is 1.61. The standard InChI is InChI=1S/C18H20N2O3/c1-23-15-4-2-3-12-14(5-8-19-16(12)15)20-9-6-18(7-10-20)11-13(18)17(21)22/h2-5,8,13H,6-7,9-11H2,1H3,(H,21,22). The second-order valence-electron chi connectivity index (χ2n) is 6.63. The lowest BCUT2D eigenvalue weighted by atomic mass is 9.90. The average Bonchev–Trinajstić information content (AvgIpc) is 3.28. The van der Waals surface area contributed by atoms with Crippen LogP contribution in [0.25, 0.3) is 10.9 Å². The summed E-state index contributed by atoms with van der Waals surface area (Å²) in [6.07, 6.45) is 4.58. The molecule has 1 aliphatic carbocycles. The second-order valence-corrected chi connectivity index (χ2v) is 6.63. The fourth-order valence-corrected chi connectivity index (χ4v) is 4.02. The molecule has 120 valence electrons. The van der Waals surface area contributed by atoms with Crippen molar-refractivity contribution < 1.29 is 14.6 Å². The molecule has 1 spiro atoms. The molecule has 1 saturated carbocycles. The lowest BCUT2D eigenvalue weighted by Crippen LogP contribution is -2.35. The number of nitrogens with zero attached hydrogens (tertiary/aromatic N) is 2. The van der Waals surface area contributed by atoms with E-state index < -0.39 is 5.97 Å². The first-order chi connectivity index (χ1) is 11.1. The van der Waals surface area contributed by atoms with Crippen LogP contribution in [-0.4, -0.2) is 36.3 Å². The van der Waals surface area contributed by atoms with E-state index in [1.807, 2.05) is 24.4 Å². The van der Waals surface area contributed by atoms with Crippen LogP contribution in [0.2, 0.25) is 0 Å². The van der Waals surface area contributed by atoms with E-state index in [0.717, 1.165) is 54.7 Å². The van der Waals surface area contributed by atoms with Gasteiger partial charge in [-0.1, -0.05) is 12.1 Å². The molecule has 1 aromatic heterocycles. The zero-order valence-electron chi connectivity index (χ0n) is 13.2. The molecule has 1 unspecified atom stereocenters. The number of carboxylic acids is 1. The number of hydrogen-bond donors (Lipinski definition) is 1. The van der Waals surface area contributed by atoms with E-state index in [2.05, 4.69) is 16.0 Å². The quantitative estimate of drug-likeness (QED) is 0.944. The van der Waals surface area contributed by atoms with Crippen LogP contribution in [0.15, 0.2) is 30.5 Å². The number of aromatic nitrogens is 1. The molecule has 5 heteroatoms. The smallest absolute Gasteiger partial charge is 0.307 e. The zero-order valence-corrected chi connectivity index (χ0v) is 13.2. The molecule has 23 heavy (non-hydrogen) atoms. The van der Waals surface area contributed by atoms with Crippen molar-refractivity contribution in [3.8, 4) is 5.75 Å². The lowest BCUT2D eigenvalue weighted by Gasteiger charge is -2.34. The van der Waals surface area contributed by atoms with Gasteiger partial charge in [0.1, 0.15) is 11.3 Å². The highest BCUT2D eigenvalue weighted by Gasteiger charge is 2.58. The van der Waals surface area contributed by atoms with Crippen LogP contribution in [0.4, 0.5) is 5.69 Å². The molecule has 5 nitrogen and oxygen atoms in total. The first-order valence-corrected chi connectivity index (χ1v) is 8.04. The van der Waals surface area contributed by atoms with Crippen LogP contribution in [-0.2, 0) is 4.79 Å². The third-order valence-electron chi connectivity index (χ3n) is 5.52. The maximum absolute atomic E-state index is 11.2. The number of pyridine rings is 1. The maximum Gasteiger partial charge on any atom is 0.307 e. The monoisotopic (exact) mass is 312 g/mol. The lowest BCUT2D eigenvalue weighted by molar-refractivity contribution is -0.139. The number of piperidine rings is 1. The van der Waals surface area contributed by atoms with Gasteiger partial charge in [-0.3, -0.25) is 9.78 Å². The highest BCUT2D eigenvalue weighted by molar-refractivity contribution is 5.95. The first-order valence-electron chi connectivity index (χ1n) is 8.04. The van der Waals surface area contributed by atoms with E-state index in [0.29, 0.717) is 0 Å². The fraction of sp³-hybridized carbons (Fsp3) is 0.444. The number of rotatable bonds is 3. The molecule has 4 rings (SSSR count). The van der Waals surface area contributed by atoms with Crippen LogP contribution in [0.5, 0.6) is 5.75 Å². The van der Waals surface area contributed by atoms with E-state index in [9.17, 15) is 9.90 Å². The molecule has 1 aromatic carbocycles. The Bertz CT molecular complexity index is 766. The molecule has 2 fully saturated rings. The van der Waals surface area contributed by atoms with E-state index in [1.54, 1.807) is 7.11 Å². The Morgan fingerprint density at radius 2 is 2.13 bits per heavy atom. The largest absolute Gasteiger partial charge is 0.494 e. The topological polar surface area (TPSA) is 62.7 Å². The average molecular weight is 312 g/mol. The normalized spacial score (nSPS) is 22.3. The van der Waals surface area contributed by atoms with Crippen molar-refractivity contribution in [2.24, 2.45) is 11.3 Å². The summed E-state index contributed by atoms with van der Waals surface area (Å²) in [7, 11) is 1.66. The minimum Gasteiger partial charge on any atom is -0.494 e. The van der Waals surface area contributed by atoms with Crippen LogP contribution >= 0.6 is 0 Å². The SMILES string of the molecule is COc1cccc2c(N3CCC4(CC3)CC4C(=O)O)ccnc12. The van der Waals surface area contributed by atoms with Crippen LogP contribution in [0.3, 0.4) is 0 Å². The van der Waals surface area contributed by atoms with Gasteiger partial charge in [-0.05, 0) is 36.8 Å². The van der Waals surface area contributed by atoms with Crippen LogP contribution < -0.4 is 9.64 Å². The summed E-state index contributed by atoms with van der Waals surface area (Å²) in [6, 6.07) is 8.02. The Kier molecular flexibility index (Phi) is 3.18. The van der Waals surface area contributed by atoms with Gasteiger partial charge in [-0.2, -0.15) is 0 Å². The number of carboxylic acid groups (broad SMARTS) is 1. The molecule has 1 saturated heterocycles. The molecule has 1 atom stereocenters. The van der Waals surface area contributed by atoms with Crippen molar-refractivity contribution in [1.82, 2.24) is 4.98 Å². The molecular formula is C18H20N2O3. The summed E-state index contributed by atoms with van der Waals surface area (Å²) in [6.45, 7) is 1.81. The van der Waals surface area contributed by atoms with E-state index in [4.69, 9.17) is 4.74 Å². The third-order valence-corrected chi connectivity index (χ3v) is 5.52. The van der Waals surface area contributed by atoms with Gasteiger partial charge in [0.2, 0.25) is 0 Å². The molecule has 0 bridgehead atoms. The number of benzene rings is 1. The molecule has 1 aliphatic heterocycles. The second kappa shape index (κ2) is 5.11. The Labute approximate surface area is 134 Å². The predicted octanol–water partition coefficient (Wildman–Crippen LogP) is 2.93. The number of para-hydroxylation sites is 1. The Hall–Kier alpha value is -2.30. The fourth-order valence-electron chi connectivity index (χ4n) is 4.02. The van der Waals surface area contributed by atoms with Crippen molar-refractivity contribution in [3.05, 3.63) is 30.5 Å². The number of anilines is 1. The van der Waals surface area contributed by atoms with Gasteiger partial charge in [0, 0.05) is 30.4 Å². The van der Waals surface area contributed by atoms with Gasteiger partial charge in [0.05, 0.1) is 13.0 Å². The minimum absolute atomic E-state index is 0.0584. The van der Waals surface area contributed by atoms with Gasteiger partial charge >= 0.3 is 5.97 Å². The number of carbonyl (C=O) groups is 1. The van der Waals surface area contributed by atoms with Crippen LogP contribution in [0, 0.1) is 11.3 Å². The van der Waals surface area contributed by atoms with Gasteiger partial charge < -0.3 is 14.7 Å². The third kappa shape index (κ3) is 2.22. The van der Waals surface area contributed by atoms with E-state index in [1.165, 1.54) is 0 Å². The van der Waals surface area contributed by atoms with E-state index in [-0.39, 0.29) is 11.3 Å².